The largest absolute Gasteiger partial charge is 0.378 e. The third-order valence-electron chi connectivity index (χ3n) is 5.75. The van der Waals surface area contributed by atoms with Gasteiger partial charge in [0, 0.05) is 39.0 Å². The number of fused-ring (bicyclic) bond motifs is 1. The maximum atomic E-state index is 12.8. The Morgan fingerprint density at radius 2 is 2.25 bits per heavy atom. The molecule has 5 nitrogen and oxygen atoms in total. The van der Waals surface area contributed by atoms with E-state index in [-0.39, 0.29) is 17.6 Å². The third kappa shape index (κ3) is 2.75. The van der Waals surface area contributed by atoms with Crippen molar-refractivity contribution in [3.63, 3.8) is 0 Å². The lowest BCUT2D eigenvalue weighted by Gasteiger charge is -2.44. The number of nitrogens with zero attached hydrogens (tertiary/aromatic N) is 2. The number of methoxy groups -OCH3 is 1. The van der Waals surface area contributed by atoms with Gasteiger partial charge in [0.25, 0.3) is 0 Å². The lowest BCUT2D eigenvalue weighted by atomic mass is 9.87. The average Bonchev–Trinajstić information content (AvgIpc) is 3.22. The van der Waals surface area contributed by atoms with E-state index in [1.165, 1.54) is 5.56 Å². The smallest absolute Gasteiger partial charge is 0.241 e. The molecule has 0 saturated carbocycles. The zero-order valence-corrected chi connectivity index (χ0v) is 14.4. The lowest BCUT2D eigenvalue weighted by molar-refractivity contribution is -0.147. The predicted molar refractivity (Wildman–Crippen MR) is 92.3 cm³/mol. The van der Waals surface area contributed by atoms with Crippen molar-refractivity contribution < 1.29 is 14.3 Å². The molecular formula is C19H26N2O3. The summed E-state index contributed by atoms with van der Waals surface area (Å²) in [7, 11) is 1.77. The topological polar surface area (TPSA) is 42.0 Å². The van der Waals surface area contributed by atoms with E-state index >= 15 is 0 Å². The highest BCUT2D eigenvalue weighted by Crippen LogP contribution is 2.36. The van der Waals surface area contributed by atoms with Crippen LogP contribution < -0.4 is 4.90 Å². The number of likely N-dealkylation sites (tertiary alicyclic amines) is 1. The van der Waals surface area contributed by atoms with Crippen molar-refractivity contribution in [2.24, 2.45) is 0 Å². The second kappa shape index (κ2) is 6.47. The van der Waals surface area contributed by atoms with Gasteiger partial charge in [0.1, 0.15) is 5.60 Å². The molecule has 4 rings (SSSR count). The number of ether oxygens (including phenoxy) is 2. The molecule has 3 aliphatic heterocycles. The molecule has 1 amide bonds. The number of carbonyl (C=O) groups is 1. The second-order valence-electron chi connectivity index (χ2n) is 7.16. The van der Waals surface area contributed by atoms with Crippen LogP contribution in [0.5, 0.6) is 0 Å². The molecule has 1 aromatic rings. The number of para-hydroxylation sites is 1. The van der Waals surface area contributed by atoms with Gasteiger partial charge in [-0.05, 0) is 37.3 Å². The summed E-state index contributed by atoms with van der Waals surface area (Å²) >= 11 is 0. The summed E-state index contributed by atoms with van der Waals surface area (Å²) in [6.45, 7) is 3.77. The molecule has 1 aromatic carbocycles. The second-order valence-corrected chi connectivity index (χ2v) is 7.16. The van der Waals surface area contributed by atoms with E-state index < -0.39 is 0 Å². The average molecular weight is 330 g/mol. The number of rotatable bonds is 3. The normalized spacial score (nSPS) is 30.0. The van der Waals surface area contributed by atoms with Crippen LogP contribution in [-0.4, -0.2) is 62.4 Å². The summed E-state index contributed by atoms with van der Waals surface area (Å²) in [5.74, 6) is 0.198. The molecule has 24 heavy (non-hydrogen) atoms. The maximum absolute atomic E-state index is 12.8. The van der Waals surface area contributed by atoms with E-state index in [2.05, 4.69) is 17.0 Å². The van der Waals surface area contributed by atoms with E-state index in [4.69, 9.17) is 9.47 Å². The molecule has 1 spiro atoms. The highest BCUT2D eigenvalue weighted by atomic mass is 16.5. The van der Waals surface area contributed by atoms with E-state index in [1.54, 1.807) is 7.11 Å². The molecule has 0 aliphatic carbocycles. The molecule has 0 aromatic heterocycles. The number of hydrogen-bond donors (Lipinski definition) is 0. The first-order chi connectivity index (χ1) is 11.7. The Bertz CT molecular complexity index is 612. The quantitative estimate of drug-likeness (QED) is 0.848. The van der Waals surface area contributed by atoms with Crippen molar-refractivity contribution in [3.05, 3.63) is 29.8 Å². The van der Waals surface area contributed by atoms with E-state index in [0.29, 0.717) is 6.54 Å². The third-order valence-corrected chi connectivity index (χ3v) is 5.75. The molecule has 2 saturated heterocycles. The molecule has 2 fully saturated rings. The van der Waals surface area contributed by atoms with Crippen molar-refractivity contribution in [2.75, 3.05) is 44.8 Å². The Kier molecular flexibility index (Phi) is 4.33. The molecule has 3 heterocycles. The number of hydrogen-bond acceptors (Lipinski definition) is 4. The summed E-state index contributed by atoms with van der Waals surface area (Å²) < 4.78 is 11.8. The highest BCUT2D eigenvalue weighted by molar-refractivity contribution is 5.96. The summed E-state index contributed by atoms with van der Waals surface area (Å²) in [6, 6.07) is 8.23. The Labute approximate surface area is 143 Å². The van der Waals surface area contributed by atoms with Gasteiger partial charge in [-0.25, -0.2) is 0 Å². The zero-order chi connectivity index (χ0) is 16.6. The van der Waals surface area contributed by atoms with Crippen LogP contribution in [0, 0.1) is 0 Å². The fourth-order valence-corrected chi connectivity index (χ4v) is 4.56. The van der Waals surface area contributed by atoms with E-state index in [9.17, 15) is 4.79 Å². The number of piperidine rings is 1. The Morgan fingerprint density at radius 1 is 1.38 bits per heavy atom. The minimum Gasteiger partial charge on any atom is -0.378 e. The fraction of sp³-hybridized carbons (Fsp3) is 0.632. The van der Waals surface area contributed by atoms with Crippen LogP contribution in [0.1, 0.15) is 24.8 Å². The van der Waals surface area contributed by atoms with Crippen LogP contribution in [0.2, 0.25) is 0 Å². The zero-order valence-electron chi connectivity index (χ0n) is 14.4. The van der Waals surface area contributed by atoms with Gasteiger partial charge in [-0.15, -0.1) is 0 Å². The van der Waals surface area contributed by atoms with Gasteiger partial charge in [0.05, 0.1) is 12.6 Å². The summed E-state index contributed by atoms with van der Waals surface area (Å²) in [5, 5.41) is 0. The highest BCUT2D eigenvalue weighted by Gasteiger charge is 2.47. The van der Waals surface area contributed by atoms with Crippen LogP contribution in [-0.2, 0) is 20.7 Å². The van der Waals surface area contributed by atoms with Crippen molar-refractivity contribution in [1.82, 2.24) is 4.90 Å². The van der Waals surface area contributed by atoms with Crippen molar-refractivity contribution >= 4 is 11.6 Å². The first-order valence-electron chi connectivity index (χ1n) is 8.99. The lowest BCUT2D eigenvalue weighted by Crippen LogP contribution is -2.58. The van der Waals surface area contributed by atoms with Gasteiger partial charge >= 0.3 is 0 Å². The first kappa shape index (κ1) is 16.1. The number of benzene rings is 1. The van der Waals surface area contributed by atoms with E-state index in [0.717, 1.165) is 57.6 Å². The Balaban J connectivity index is 1.43. The van der Waals surface area contributed by atoms with Crippen molar-refractivity contribution in [3.8, 4) is 0 Å². The van der Waals surface area contributed by atoms with Gasteiger partial charge in [-0.2, -0.15) is 0 Å². The van der Waals surface area contributed by atoms with Crippen LogP contribution in [0.15, 0.2) is 24.3 Å². The van der Waals surface area contributed by atoms with Gasteiger partial charge in [0.2, 0.25) is 5.91 Å². The number of anilines is 1. The molecule has 0 N–H and O–H groups in total. The van der Waals surface area contributed by atoms with Crippen LogP contribution >= 0.6 is 0 Å². The molecule has 0 radical (unpaired) electrons. The molecule has 0 unspecified atom stereocenters. The number of carbonyl (C=O) groups excluding carboxylic acids is 1. The van der Waals surface area contributed by atoms with Crippen molar-refractivity contribution in [1.29, 1.82) is 0 Å². The minimum atomic E-state index is -0.212. The monoisotopic (exact) mass is 330 g/mol. The predicted octanol–water partition coefficient (Wildman–Crippen LogP) is 1.85. The van der Waals surface area contributed by atoms with Crippen molar-refractivity contribution in [2.45, 2.75) is 37.4 Å². The van der Waals surface area contributed by atoms with Gasteiger partial charge in [0.15, 0.2) is 0 Å². The molecule has 130 valence electrons. The molecule has 2 atom stereocenters. The summed E-state index contributed by atoms with van der Waals surface area (Å²) in [5.41, 5.74) is 2.15. The van der Waals surface area contributed by atoms with Crippen LogP contribution in [0.25, 0.3) is 0 Å². The first-order valence-corrected chi connectivity index (χ1v) is 8.99. The minimum absolute atomic E-state index is 0.152. The van der Waals surface area contributed by atoms with Gasteiger partial charge in [-0.3, -0.25) is 9.69 Å². The Hall–Kier alpha value is -1.43. The standard InChI is InChI=1S/C19H26N2O3/c1-23-17-8-10-20(14-19(17)9-4-12-24-19)13-18(22)21-11-7-15-5-2-3-6-16(15)21/h2-3,5-6,17H,4,7-14H2,1H3/t17-,19-/m1/s1. The Morgan fingerprint density at radius 3 is 3.04 bits per heavy atom. The summed E-state index contributed by atoms with van der Waals surface area (Å²) in [4.78, 5) is 17.0. The molecular weight excluding hydrogens is 304 g/mol. The van der Waals surface area contributed by atoms with Gasteiger partial charge < -0.3 is 14.4 Å². The van der Waals surface area contributed by atoms with Crippen LogP contribution in [0.3, 0.4) is 0 Å². The number of amides is 1. The van der Waals surface area contributed by atoms with Crippen LogP contribution in [0.4, 0.5) is 5.69 Å². The SMILES string of the molecule is CO[C@@H]1CCN(CC(=O)N2CCc3ccccc32)C[C@]12CCCO2. The maximum Gasteiger partial charge on any atom is 0.241 e. The van der Waals surface area contributed by atoms with Gasteiger partial charge in [-0.1, -0.05) is 18.2 Å². The molecule has 3 aliphatic rings. The molecule has 5 heteroatoms. The van der Waals surface area contributed by atoms with E-state index in [1.807, 2.05) is 17.0 Å². The summed E-state index contributed by atoms with van der Waals surface area (Å²) in [6.07, 6.45) is 4.16. The molecule has 0 bridgehead atoms. The fourth-order valence-electron chi connectivity index (χ4n) is 4.56.